The smallest absolute Gasteiger partial charge is 0.238 e. The summed E-state index contributed by atoms with van der Waals surface area (Å²) in [5, 5.41) is -0.356. The fourth-order valence-electron chi connectivity index (χ4n) is 6.36. The van der Waals surface area contributed by atoms with Gasteiger partial charge in [0.2, 0.25) is 5.95 Å². The Bertz CT molecular complexity index is 3340. The molecular weight excluding hydrogens is 613 g/mol. The first-order valence-electron chi connectivity index (χ1n) is 20.9. The van der Waals surface area contributed by atoms with E-state index >= 15 is 0 Å². The minimum absolute atomic E-state index is 0.0646. The van der Waals surface area contributed by atoms with E-state index in [9.17, 15) is 4.11 Å². The van der Waals surface area contributed by atoms with Gasteiger partial charge in [0.25, 0.3) is 0 Å². The van der Waals surface area contributed by atoms with E-state index < -0.39 is 48.3 Å². The highest BCUT2D eigenvalue weighted by molar-refractivity contribution is 6.17. The van der Waals surface area contributed by atoms with E-state index in [2.05, 4.69) is 0 Å². The highest BCUT2D eigenvalue weighted by atomic mass is 16.3. The first-order chi connectivity index (χ1) is 28.9. The van der Waals surface area contributed by atoms with Crippen molar-refractivity contribution in [3.63, 3.8) is 0 Å². The molecule has 10 rings (SSSR count). The number of furan rings is 1. The number of fused-ring (bicyclic) bond motifs is 6. The van der Waals surface area contributed by atoms with Gasteiger partial charge in [-0.3, -0.25) is 4.57 Å². The summed E-state index contributed by atoms with van der Waals surface area (Å²) >= 11 is 0. The highest BCUT2D eigenvalue weighted by Gasteiger charge is 2.20. The summed E-state index contributed by atoms with van der Waals surface area (Å²) in [6.07, 6.45) is 0. The monoisotopic (exact) mass is 650 g/mol. The zero-order chi connectivity index (χ0) is 41.7. The van der Waals surface area contributed by atoms with E-state index in [4.69, 9.17) is 29.0 Å². The van der Waals surface area contributed by atoms with Crippen molar-refractivity contribution in [3.05, 3.63) is 170 Å². The molecule has 0 atom stereocenters. The van der Waals surface area contributed by atoms with E-state index in [1.807, 2.05) is 109 Å². The molecule has 3 aromatic heterocycles. The van der Waals surface area contributed by atoms with Crippen molar-refractivity contribution in [2.45, 2.75) is 0 Å². The lowest BCUT2D eigenvalue weighted by Crippen LogP contribution is -2.06. The average molecular weight is 651 g/mol. The number of hydrogen-bond donors (Lipinski definition) is 0. The van der Waals surface area contributed by atoms with Crippen molar-refractivity contribution in [2.75, 3.05) is 0 Å². The van der Waals surface area contributed by atoms with Gasteiger partial charge in [-0.2, -0.15) is 9.97 Å². The van der Waals surface area contributed by atoms with E-state index in [1.54, 1.807) is 0 Å². The summed E-state index contributed by atoms with van der Waals surface area (Å²) in [6, 6.07) is 30.0. The van der Waals surface area contributed by atoms with Crippen LogP contribution in [-0.4, -0.2) is 19.5 Å². The summed E-state index contributed by atoms with van der Waals surface area (Å²) < 4.78 is 96.4. The Hall–Kier alpha value is -6.85. The first kappa shape index (κ1) is 19.8. The van der Waals surface area contributed by atoms with Crippen LogP contribution in [0.15, 0.2) is 174 Å². The molecule has 0 bridgehead atoms. The molecule has 0 spiro atoms. The Balaban J connectivity index is 1.35. The lowest BCUT2D eigenvalue weighted by molar-refractivity contribution is 0.669. The van der Waals surface area contributed by atoms with Crippen molar-refractivity contribution in [3.8, 4) is 51.0 Å². The zero-order valence-electron chi connectivity index (χ0n) is 36.1. The fourth-order valence-corrected chi connectivity index (χ4v) is 6.36. The average Bonchev–Trinajstić information content (AvgIpc) is 3.88. The normalized spacial score (nSPS) is 14.4. The molecule has 0 radical (unpaired) electrons. The van der Waals surface area contributed by atoms with Gasteiger partial charge < -0.3 is 4.42 Å². The maximum Gasteiger partial charge on any atom is 0.238 e. The third-order valence-electron chi connectivity index (χ3n) is 8.70. The van der Waals surface area contributed by atoms with Crippen LogP contribution in [-0.2, 0) is 0 Å². The standard InChI is InChI=1S/C45H28N4O/c1-3-13-29(14-4-1)31-17-11-19-33(25-31)43-46-44(34-20-12-18-32(26-34)30-15-5-2-6-16-30)48-45(47-43)49-39-23-9-7-21-35(39)37-27-38-36-22-8-10-24-41(36)50-42(38)28-40(37)49/h1-28H/i7D,8D,9D,10D,21D,22D,23D,24D,27D,28D. The second-order valence-corrected chi connectivity index (χ2v) is 11.7. The summed E-state index contributed by atoms with van der Waals surface area (Å²) in [6.45, 7) is 0. The molecule has 0 aliphatic rings. The van der Waals surface area contributed by atoms with Gasteiger partial charge in [0.1, 0.15) is 11.2 Å². The molecule has 7 aromatic carbocycles. The van der Waals surface area contributed by atoms with Crippen LogP contribution in [0, 0.1) is 0 Å². The maximum atomic E-state index is 9.66. The van der Waals surface area contributed by atoms with Gasteiger partial charge in [-0.15, -0.1) is 0 Å². The molecule has 234 valence electrons. The van der Waals surface area contributed by atoms with Crippen LogP contribution in [0.25, 0.3) is 94.7 Å². The molecule has 0 fully saturated rings. The molecule has 0 aliphatic carbocycles. The largest absolute Gasteiger partial charge is 0.456 e. The minimum Gasteiger partial charge on any atom is -0.456 e. The number of rotatable bonds is 5. The van der Waals surface area contributed by atoms with Crippen LogP contribution < -0.4 is 0 Å². The molecule has 3 heterocycles. The van der Waals surface area contributed by atoms with Crippen molar-refractivity contribution >= 4 is 43.7 Å². The molecule has 0 amide bonds. The van der Waals surface area contributed by atoms with E-state index in [0.29, 0.717) is 11.1 Å². The Morgan fingerprint density at radius 1 is 0.440 bits per heavy atom. The third kappa shape index (κ3) is 4.67. The van der Waals surface area contributed by atoms with E-state index in [1.165, 1.54) is 4.57 Å². The summed E-state index contributed by atoms with van der Waals surface area (Å²) in [4.78, 5) is 14.9. The van der Waals surface area contributed by atoms with E-state index in [-0.39, 0.29) is 73.4 Å². The van der Waals surface area contributed by atoms with Gasteiger partial charge in [-0.1, -0.05) is 133 Å². The van der Waals surface area contributed by atoms with Gasteiger partial charge in [0.15, 0.2) is 11.6 Å². The topological polar surface area (TPSA) is 56.7 Å². The second kappa shape index (κ2) is 11.4. The lowest BCUT2D eigenvalue weighted by atomic mass is 10.0. The number of benzene rings is 7. The van der Waals surface area contributed by atoms with Crippen LogP contribution in [0.3, 0.4) is 0 Å². The number of nitrogens with zero attached hydrogens (tertiary/aromatic N) is 4. The molecule has 0 unspecified atom stereocenters. The third-order valence-corrected chi connectivity index (χ3v) is 8.70. The SMILES string of the molecule is [2H]c1c([2H])c([2H])c2c(oc3c([2H])c4c(c([2H])c32)c2c([2H])c([2H])c([2H])c([2H])c2n4-c2nc(-c3cccc(-c4ccccc4)c3)nc(-c3cccc(-c4ccccc4)c3)n2)c1[2H]. The van der Waals surface area contributed by atoms with Gasteiger partial charge in [-0.05, 0) is 52.5 Å². The van der Waals surface area contributed by atoms with E-state index in [0.717, 1.165) is 22.3 Å². The summed E-state index contributed by atoms with van der Waals surface area (Å²) in [5.74, 6) is 0.336. The quantitative estimate of drug-likeness (QED) is 0.186. The van der Waals surface area contributed by atoms with Gasteiger partial charge in [0.05, 0.1) is 24.7 Å². The molecule has 50 heavy (non-hydrogen) atoms. The molecule has 0 saturated carbocycles. The van der Waals surface area contributed by atoms with Crippen LogP contribution in [0.4, 0.5) is 0 Å². The first-order valence-corrected chi connectivity index (χ1v) is 15.9. The molecule has 0 aliphatic heterocycles. The summed E-state index contributed by atoms with van der Waals surface area (Å²) in [5.41, 5.74) is 4.27. The number of hydrogen-bond acceptors (Lipinski definition) is 4. The minimum atomic E-state index is -0.566. The van der Waals surface area contributed by atoms with Crippen LogP contribution >= 0.6 is 0 Å². The molecule has 5 nitrogen and oxygen atoms in total. The van der Waals surface area contributed by atoms with Crippen molar-refractivity contribution in [2.24, 2.45) is 0 Å². The maximum absolute atomic E-state index is 9.66. The Kier molecular flexibility index (Phi) is 4.52. The van der Waals surface area contributed by atoms with Gasteiger partial charge in [0, 0.05) is 38.7 Å². The number of aromatic nitrogens is 4. The van der Waals surface area contributed by atoms with Gasteiger partial charge >= 0.3 is 0 Å². The predicted molar refractivity (Wildman–Crippen MR) is 203 cm³/mol. The molecule has 0 N–H and O–H groups in total. The van der Waals surface area contributed by atoms with Crippen molar-refractivity contribution in [1.82, 2.24) is 19.5 Å². The van der Waals surface area contributed by atoms with Crippen molar-refractivity contribution < 1.29 is 18.1 Å². The Morgan fingerprint density at radius 3 is 1.66 bits per heavy atom. The fraction of sp³-hybridized carbons (Fsp3) is 0. The summed E-state index contributed by atoms with van der Waals surface area (Å²) in [7, 11) is 0. The van der Waals surface area contributed by atoms with Crippen molar-refractivity contribution in [1.29, 1.82) is 0 Å². The Labute approximate surface area is 301 Å². The van der Waals surface area contributed by atoms with Crippen LogP contribution in [0.5, 0.6) is 0 Å². The van der Waals surface area contributed by atoms with Crippen LogP contribution in [0.1, 0.15) is 13.7 Å². The van der Waals surface area contributed by atoms with Gasteiger partial charge in [-0.25, -0.2) is 4.98 Å². The lowest BCUT2D eigenvalue weighted by Gasteiger charge is -2.12. The predicted octanol–water partition coefficient (Wildman–Crippen LogP) is 11.5. The molecule has 5 heteroatoms. The van der Waals surface area contributed by atoms with Crippen LogP contribution in [0.2, 0.25) is 0 Å². The number of para-hydroxylation sites is 2. The molecular formula is C45H28N4O. The zero-order valence-corrected chi connectivity index (χ0v) is 26.1. The highest BCUT2D eigenvalue weighted by Crippen LogP contribution is 2.38. The molecule has 0 saturated heterocycles. The second-order valence-electron chi connectivity index (χ2n) is 11.7. The Morgan fingerprint density at radius 2 is 1.00 bits per heavy atom. The molecule has 10 aromatic rings.